The number of benzene rings is 2. The monoisotopic (exact) mass is 421 g/mol. The van der Waals surface area contributed by atoms with Crippen LogP contribution in [0.3, 0.4) is 0 Å². The van der Waals surface area contributed by atoms with Crippen molar-refractivity contribution in [3.63, 3.8) is 0 Å². The molecular weight excluding hydrogens is 409 g/mol. The highest BCUT2D eigenvalue weighted by Crippen LogP contribution is 2.37. The van der Waals surface area contributed by atoms with E-state index in [1.165, 1.54) is 12.0 Å². The molecule has 27 heavy (non-hydrogen) atoms. The molecule has 1 amide bonds. The van der Waals surface area contributed by atoms with E-state index in [2.05, 4.69) is 0 Å². The van der Waals surface area contributed by atoms with E-state index in [9.17, 15) is 9.59 Å². The summed E-state index contributed by atoms with van der Waals surface area (Å²) in [7, 11) is 1.27. The quantitative estimate of drug-likeness (QED) is 0.483. The number of nitrogens with zero attached hydrogens (tertiary/aromatic N) is 1. The predicted molar refractivity (Wildman–Crippen MR) is 108 cm³/mol. The maximum atomic E-state index is 13.1. The first-order valence-corrected chi connectivity index (χ1v) is 9.02. The fourth-order valence-corrected chi connectivity index (χ4v) is 3.53. The molecule has 0 spiro atoms. The van der Waals surface area contributed by atoms with Crippen molar-refractivity contribution in [3.8, 4) is 0 Å². The molecule has 0 atom stereocenters. The summed E-state index contributed by atoms with van der Waals surface area (Å²) in [5.74, 6) is -0.974. The van der Waals surface area contributed by atoms with Gasteiger partial charge in [-0.1, -0.05) is 46.9 Å². The van der Waals surface area contributed by atoms with Crippen molar-refractivity contribution in [2.45, 2.75) is 6.92 Å². The van der Waals surface area contributed by atoms with Gasteiger partial charge < -0.3 is 4.74 Å². The van der Waals surface area contributed by atoms with Crippen LogP contribution in [0.2, 0.25) is 15.1 Å². The first kappa shape index (κ1) is 19.5. The second kappa shape index (κ2) is 7.77. The molecule has 1 aliphatic rings. The predicted octanol–water partition coefficient (Wildman–Crippen LogP) is 5.52. The van der Waals surface area contributed by atoms with Crippen molar-refractivity contribution in [3.05, 3.63) is 79.9 Å². The van der Waals surface area contributed by atoms with Gasteiger partial charge in [0, 0.05) is 20.8 Å². The first-order chi connectivity index (χ1) is 12.8. The van der Waals surface area contributed by atoms with E-state index < -0.39 is 5.97 Å². The normalized spacial score (nSPS) is 15.7. The van der Waals surface area contributed by atoms with Gasteiger partial charge in [0.25, 0.3) is 5.91 Å². The SMILES string of the molecule is COC(=O)C1=C(C)N(c2cc(Cl)cc(Cl)c2)C(=O)/C1=C\c1ccc(Cl)cc1. The number of amides is 1. The molecule has 0 aliphatic carbocycles. The lowest BCUT2D eigenvalue weighted by Gasteiger charge is -2.18. The number of methoxy groups -OCH3 is 1. The minimum absolute atomic E-state index is 0.188. The van der Waals surface area contributed by atoms with E-state index in [-0.39, 0.29) is 17.1 Å². The van der Waals surface area contributed by atoms with Crippen molar-refractivity contribution in [2.75, 3.05) is 12.0 Å². The van der Waals surface area contributed by atoms with Crippen LogP contribution in [0, 0.1) is 0 Å². The summed E-state index contributed by atoms with van der Waals surface area (Å²) < 4.78 is 4.88. The van der Waals surface area contributed by atoms with Gasteiger partial charge in [0.1, 0.15) is 0 Å². The van der Waals surface area contributed by atoms with Crippen molar-refractivity contribution in [2.24, 2.45) is 0 Å². The molecule has 4 nitrogen and oxygen atoms in total. The highest BCUT2D eigenvalue weighted by atomic mass is 35.5. The third-order valence-electron chi connectivity index (χ3n) is 4.08. The molecular formula is C20H14Cl3NO3. The van der Waals surface area contributed by atoms with Crippen LogP contribution in [0.5, 0.6) is 0 Å². The highest BCUT2D eigenvalue weighted by molar-refractivity contribution is 6.35. The highest BCUT2D eigenvalue weighted by Gasteiger charge is 2.38. The average Bonchev–Trinajstić information content (AvgIpc) is 2.85. The largest absolute Gasteiger partial charge is 0.465 e. The van der Waals surface area contributed by atoms with Crippen molar-refractivity contribution in [1.82, 2.24) is 0 Å². The molecule has 0 unspecified atom stereocenters. The van der Waals surface area contributed by atoms with Gasteiger partial charge in [-0.25, -0.2) is 4.79 Å². The molecule has 0 N–H and O–H groups in total. The van der Waals surface area contributed by atoms with E-state index in [1.54, 1.807) is 55.5 Å². The minimum Gasteiger partial charge on any atom is -0.465 e. The number of halogens is 3. The molecule has 3 rings (SSSR count). The molecule has 2 aromatic rings. The Labute approximate surface area is 171 Å². The molecule has 0 saturated heterocycles. The Balaban J connectivity index is 2.15. The molecule has 138 valence electrons. The molecule has 0 aromatic heterocycles. The third kappa shape index (κ3) is 3.88. The van der Waals surface area contributed by atoms with E-state index in [1.807, 2.05) is 0 Å². The summed E-state index contributed by atoms with van der Waals surface area (Å²) >= 11 is 18.1. The Morgan fingerprint density at radius 2 is 1.59 bits per heavy atom. The zero-order valence-electron chi connectivity index (χ0n) is 14.4. The lowest BCUT2D eigenvalue weighted by atomic mass is 10.0. The third-order valence-corrected chi connectivity index (χ3v) is 4.76. The topological polar surface area (TPSA) is 46.6 Å². The van der Waals surface area contributed by atoms with Gasteiger partial charge >= 0.3 is 5.97 Å². The maximum Gasteiger partial charge on any atom is 0.340 e. The number of rotatable bonds is 3. The van der Waals surface area contributed by atoms with Crippen LogP contribution in [0.4, 0.5) is 5.69 Å². The van der Waals surface area contributed by atoms with E-state index in [0.717, 1.165) is 5.56 Å². The standard InChI is InChI=1S/C20H14Cl3NO3/c1-11-18(20(26)27-2)17(7-12-3-5-13(21)6-4-12)19(25)24(11)16-9-14(22)8-15(23)10-16/h3-10H,1-2H3/b17-7-. The van der Waals surface area contributed by atoms with E-state index in [0.29, 0.717) is 26.5 Å². The summed E-state index contributed by atoms with van der Waals surface area (Å²) in [5, 5.41) is 1.34. The van der Waals surface area contributed by atoms with Crippen molar-refractivity contribution >= 4 is 58.4 Å². The second-order valence-electron chi connectivity index (χ2n) is 5.83. The van der Waals surface area contributed by atoms with Gasteiger partial charge in [-0.2, -0.15) is 0 Å². The molecule has 0 fully saturated rings. The summed E-state index contributed by atoms with van der Waals surface area (Å²) in [4.78, 5) is 26.9. The number of hydrogen-bond acceptors (Lipinski definition) is 3. The van der Waals surface area contributed by atoms with Crippen LogP contribution in [-0.2, 0) is 14.3 Å². The molecule has 0 radical (unpaired) electrons. The summed E-state index contributed by atoms with van der Waals surface area (Å²) in [6, 6.07) is 11.7. The Bertz CT molecular complexity index is 974. The fourth-order valence-electron chi connectivity index (χ4n) is 2.88. The van der Waals surface area contributed by atoms with Crippen LogP contribution in [0.15, 0.2) is 59.3 Å². The fraction of sp³-hybridized carbons (Fsp3) is 0.100. The zero-order chi connectivity index (χ0) is 19.7. The van der Waals surface area contributed by atoms with Gasteiger partial charge in [0.05, 0.1) is 23.9 Å². The summed E-state index contributed by atoms with van der Waals surface area (Å²) in [5.41, 5.74) is 2.04. The molecule has 1 heterocycles. The second-order valence-corrected chi connectivity index (χ2v) is 7.14. The first-order valence-electron chi connectivity index (χ1n) is 7.89. The Morgan fingerprint density at radius 1 is 1.00 bits per heavy atom. The van der Waals surface area contributed by atoms with Crippen LogP contribution in [-0.4, -0.2) is 19.0 Å². The van der Waals surface area contributed by atoms with E-state index in [4.69, 9.17) is 39.5 Å². The van der Waals surface area contributed by atoms with Gasteiger partial charge in [-0.3, -0.25) is 9.69 Å². The number of ether oxygens (including phenoxy) is 1. The maximum absolute atomic E-state index is 13.1. The number of esters is 1. The molecule has 7 heteroatoms. The number of anilines is 1. The lowest BCUT2D eigenvalue weighted by Crippen LogP contribution is -2.24. The summed E-state index contributed by atoms with van der Waals surface area (Å²) in [6.45, 7) is 1.67. The molecule has 0 bridgehead atoms. The Hall–Kier alpha value is -2.27. The number of hydrogen-bond donors (Lipinski definition) is 0. The average molecular weight is 423 g/mol. The van der Waals surface area contributed by atoms with Crippen LogP contribution < -0.4 is 4.90 Å². The molecule has 1 aliphatic heterocycles. The molecule has 0 saturated carbocycles. The number of allylic oxidation sites excluding steroid dienone is 1. The minimum atomic E-state index is -0.600. The number of carbonyl (C=O) groups is 2. The van der Waals surface area contributed by atoms with Gasteiger partial charge in [-0.15, -0.1) is 0 Å². The van der Waals surface area contributed by atoms with Crippen LogP contribution in [0.1, 0.15) is 12.5 Å². The zero-order valence-corrected chi connectivity index (χ0v) is 16.7. The van der Waals surface area contributed by atoms with Crippen molar-refractivity contribution in [1.29, 1.82) is 0 Å². The summed E-state index contributed by atoms with van der Waals surface area (Å²) in [6.07, 6.45) is 1.63. The Morgan fingerprint density at radius 3 is 2.15 bits per heavy atom. The van der Waals surface area contributed by atoms with Crippen LogP contribution in [0.25, 0.3) is 6.08 Å². The Kier molecular flexibility index (Phi) is 5.61. The smallest absolute Gasteiger partial charge is 0.340 e. The number of carbonyl (C=O) groups excluding carboxylic acids is 2. The van der Waals surface area contributed by atoms with E-state index >= 15 is 0 Å². The molecule has 2 aromatic carbocycles. The van der Waals surface area contributed by atoms with Gasteiger partial charge in [0.2, 0.25) is 0 Å². The van der Waals surface area contributed by atoms with Crippen molar-refractivity contribution < 1.29 is 14.3 Å². The lowest BCUT2D eigenvalue weighted by molar-refractivity contribution is -0.136. The van der Waals surface area contributed by atoms with Gasteiger partial charge in [-0.05, 0) is 48.9 Å². The van der Waals surface area contributed by atoms with Gasteiger partial charge in [0.15, 0.2) is 0 Å². The van der Waals surface area contributed by atoms with Crippen LogP contribution >= 0.6 is 34.8 Å².